The van der Waals surface area contributed by atoms with Crippen LogP contribution in [0.25, 0.3) is 0 Å². The number of ether oxygens (including phenoxy) is 2. The first-order valence-electron chi connectivity index (χ1n) is 12.5. The molecule has 0 bridgehead atoms. The number of rotatable bonds is 11. The van der Waals surface area contributed by atoms with Crippen molar-refractivity contribution >= 4 is 35.1 Å². The van der Waals surface area contributed by atoms with Gasteiger partial charge in [0.15, 0.2) is 16.7 Å². The zero-order valence-corrected chi connectivity index (χ0v) is 23.1. The maximum Gasteiger partial charge on any atom is 0.251 e. The number of carbonyl (C=O) groups excluding carboxylic acids is 1. The summed E-state index contributed by atoms with van der Waals surface area (Å²) < 4.78 is 10.9. The van der Waals surface area contributed by atoms with Crippen molar-refractivity contribution in [3.05, 3.63) is 69.9 Å². The molecule has 0 radical (unpaired) electrons. The molecule has 1 aromatic heterocycles. The number of hydrogen-bond donors (Lipinski definition) is 1. The molecule has 0 atom stereocenters. The molecule has 4 rings (SSSR count). The first-order valence-corrected chi connectivity index (χ1v) is 13.9. The van der Waals surface area contributed by atoms with Crippen LogP contribution in [0.4, 0.5) is 5.82 Å². The van der Waals surface area contributed by atoms with E-state index in [-0.39, 0.29) is 5.91 Å². The fourth-order valence-corrected chi connectivity index (χ4v) is 5.34. The molecule has 0 unspecified atom stereocenters. The van der Waals surface area contributed by atoms with E-state index in [1.54, 1.807) is 20.3 Å². The topological polar surface area (TPSA) is 76.6 Å². The van der Waals surface area contributed by atoms with E-state index in [9.17, 15) is 4.79 Å². The summed E-state index contributed by atoms with van der Waals surface area (Å²) in [6.07, 6.45) is 4.11. The van der Waals surface area contributed by atoms with Crippen LogP contribution >= 0.6 is 23.4 Å². The largest absolute Gasteiger partial charge is 0.493 e. The summed E-state index contributed by atoms with van der Waals surface area (Å²) in [7, 11) is 3.30. The Labute approximate surface area is 227 Å². The SMILES string of the molecule is CCCCCNC(=O)c1cccc(CSc2nc(Cl)cc(N3CCc4cc(OC)c(OC)cc4C3)n2)c1. The van der Waals surface area contributed by atoms with Crippen LogP contribution in [0.1, 0.15) is 53.2 Å². The van der Waals surface area contributed by atoms with Gasteiger partial charge in [-0.25, -0.2) is 9.97 Å². The molecule has 0 saturated carbocycles. The molecular formula is C28H33ClN4O3S. The van der Waals surface area contributed by atoms with E-state index in [1.165, 1.54) is 22.9 Å². The predicted molar refractivity (Wildman–Crippen MR) is 149 cm³/mol. The minimum absolute atomic E-state index is 0.0381. The maximum absolute atomic E-state index is 12.5. The maximum atomic E-state index is 12.5. The number of anilines is 1. The number of thioether (sulfide) groups is 1. The highest BCUT2D eigenvalue weighted by Gasteiger charge is 2.21. The van der Waals surface area contributed by atoms with Crippen LogP contribution in [0.3, 0.4) is 0 Å². The highest BCUT2D eigenvalue weighted by Crippen LogP contribution is 2.35. The average molecular weight is 541 g/mol. The minimum atomic E-state index is -0.0381. The van der Waals surface area contributed by atoms with E-state index in [1.807, 2.05) is 30.3 Å². The van der Waals surface area contributed by atoms with E-state index >= 15 is 0 Å². The van der Waals surface area contributed by atoms with Crippen LogP contribution < -0.4 is 19.7 Å². The molecule has 0 saturated heterocycles. The van der Waals surface area contributed by atoms with Gasteiger partial charge in [0.05, 0.1) is 14.2 Å². The van der Waals surface area contributed by atoms with E-state index in [0.29, 0.717) is 34.7 Å². The van der Waals surface area contributed by atoms with E-state index in [0.717, 1.165) is 55.1 Å². The number of benzene rings is 2. The zero-order chi connectivity index (χ0) is 26.2. The van der Waals surface area contributed by atoms with Crippen molar-refractivity contribution in [2.75, 3.05) is 32.2 Å². The Kier molecular flexibility index (Phi) is 9.52. The third kappa shape index (κ3) is 7.08. The van der Waals surface area contributed by atoms with Crippen molar-refractivity contribution in [2.45, 2.75) is 50.1 Å². The van der Waals surface area contributed by atoms with Crippen molar-refractivity contribution in [3.8, 4) is 11.5 Å². The smallest absolute Gasteiger partial charge is 0.251 e. The lowest BCUT2D eigenvalue weighted by molar-refractivity contribution is 0.0953. The Morgan fingerprint density at radius 2 is 1.86 bits per heavy atom. The summed E-state index contributed by atoms with van der Waals surface area (Å²) in [6, 6.07) is 13.6. The first kappa shape index (κ1) is 27.1. The van der Waals surface area contributed by atoms with Crippen molar-refractivity contribution in [1.29, 1.82) is 0 Å². The van der Waals surface area contributed by atoms with Gasteiger partial charge in [-0.3, -0.25) is 4.79 Å². The summed E-state index contributed by atoms with van der Waals surface area (Å²) in [6.45, 7) is 4.36. The van der Waals surface area contributed by atoms with Gasteiger partial charge in [-0.1, -0.05) is 55.3 Å². The summed E-state index contributed by atoms with van der Waals surface area (Å²) >= 11 is 7.90. The number of methoxy groups -OCH3 is 2. The van der Waals surface area contributed by atoms with E-state index < -0.39 is 0 Å². The quantitative estimate of drug-likeness (QED) is 0.140. The lowest BCUT2D eigenvalue weighted by Crippen LogP contribution is -2.31. The number of nitrogens with zero attached hydrogens (tertiary/aromatic N) is 3. The van der Waals surface area contributed by atoms with Crippen LogP contribution in [0.2, 0.25) is 5.15 Å². The molecule has 1 aliphatic heterocycles. The van der Waals surface area contributed by atoms with E-state index in [4.69, 9.17) is 26.1 Å². The summed E-state index contributed by atoms with van der Waals surface area (Å²) in [4.78, 5) is 23.9. The molecule has 1 aliphatic rings. The summed E-state index contributed by atoms with van der Waals surface area (Å²) in [5.41, 5.74) is 4.13. The minimum Gasteiger partial charge on any atom is -0.493 e. The molecule has 7 nitrogen and oxygen atoms in total. The Morgan fingerprint density at radius 1 is 1.08 bits per heavy atom. The monoisotopic (exact) mass is 540 g/mol. The number of amides is 1. The Bertz CT molecular complexity index is 1240. The number of nitrogens with one attached hydrogen (secondary N) is 1. The lowest BCUT2D eigenvalue weighted by Gasteiger charge is -2.30. The molecule has 3 aromatic rings. The number of halogens is 1. The molecule has 1 amide bonds. The second-order valence-electron chi connectivity index (χ2n) is 8.93. The van der Waals surface area contributed by atoms with Crippen molar-refractivity contribution in [2.24, 2.45) is 0 Å². The molecule has 9 heteroatoms. The molecule has 0 fully saturated rings. The standard InChI is InChI=1S/C28H33ClN4O3S/c1-4-5-6-11-30-27(34)21-9-7-8-19(13-21)18-37-28-31-25(29)16-26(32-28)33-12-10-20-14-23(35-2)24(36-3)15-22(20)17-33/h7-9,13-16H,4-6,10-12,17-18H2,1-3H3,(H,30,34). The highest BCUT2D eigenvalue weighted by molar-refractivity contribution is 7.98. The number of carbonyl (C=O) groups is 1. The van der Waals surface area contributed by atoms with Gasteiger partial charge in [0, 0.05) is 37.0 Å². The number of aromatic nitrogens is 2. The molecular weight excluding hydrogens is 508 g/mol. The summed E-state index contributed by atoms with van der Waals surface area (Å²) in [5.74, 6) is 2.86. The van der Waals surface area contributed by atoms with Crippen LogP contribution in [-0.2, 0) is 18.7 Å². The zero-order valence-electron chi connectivity index (χ0n) is 21.6. The third-order valence-corrected chi connectivity index (χ3v) is 7.44. The van der Waals surface area contributed by atoms with Gasteiger partial charge in [0.1, 0.15) is 11.0 Å². The van der Waals surface area contributed by atoms with Crippen LogP contribution in [0.5, 0.6) is 11.5 Å². The van der Waals surface area contributed by atoms with Crippen molar-refractivity contribution < 1.29 is 14.3 Å². The molecule has 1 N–H and O–H groups in total. The molecule has 2 heterocycles. The van der Waals surface area contributed by atoms with Gasteiger partial charge in [-0.05, 0) is 53.8 Å². The highest BCUT2D eigenvalue weighted by atomic mass is 35.5. The van der Waals surface area contributed by atoms with Gasteiger partial charge in [-0.15, -0.1) is 0 Å². The van der Waals surface area contributed by atoms with Gasteiger partial charge in [0.25, 0.3) is 5.91 Å². The van der Waals surface area contributed by atoms with Crippen molar-refractivity contribution in [1.82, 2.24) is 15.3 Å². The second-order valence-corrected chi connectivity index (χ2v) is 10.3. The van der Waals surface area contributed by atoms with Gasteiger partial charge < -0.3 is 19.7 Å². The predicted octanol–water partition coefficient (Wildman–Crippen LogP) is 5.92. The van der Waals surface area contributed by atoms with Crippen LogP contribution in [0.15, 0.2) is 47.6 Å². The normalized spacial score (nSPS) is 12.7. The van der Waals surface area contributed by atoms with Gasteiger partial charge >= 0.3 is 0 Å². The molecule has 196 valence electrons. The number of hydrogen-bond acceptors (Lipinski definition) is 7. The number of unbranched alkanes of at least 4 members (excludes halogenated alkanes) is 2. The second kappa shape index (κ2) is 13.0. The van der Waals surface area contributed by atoms with Crippen LogP contribution in [0, 0.1) is 0 Å². The van der Waals surface area contributed by atoms with E-state index in [2.05, 4.69) is 28.2 Å². The Hall–Kier alpha value is -2.97. The third-order valence-electron chi connectivity index (χ3n) is 6.33. The van der Waals surface area contributed by atoms with Gasteiger partial charge in [0.2, 0.25) is 0 Å². The average Bonchev–Trinajstić information content (AvgIpc) is 2.92. The van der Waals surface area contributed by atoms with Crippen LogP contribution in [-0.4, -0.2) is 43.2 Å². The molecule has 2 aromatic carbocycles. The summed E-state index contributed by atoms with van der Waals surface area (Å²) in [5, 5.41) is 4.01. The van der Waals surface area contributed by atoms with Gasteiger partial charge in [-0.2, -0.15) is 0 Å². The fourth-order valence-electron chi connectivity index (χ4n) is 4.32. The molecule has 0 aliphatic carbocycles. The Balaban J connectivity index is 1.42. The fraction of sp³-hybridized carbons (Fsp3) is 0.393. The van der Waals surface area contributed by atoms with Crippen molar-refractivity contribution in [3.63, 3.8) is 0 Å². The first-order chi connectivity index (χ1) is 18.0. The lowest BCUT2D eigenvalue weighted by atomic mass is 9.99. The number of fused-ring (bicyclic) bond motifs is 1. The molecule has 37 heavy (non-hydrogen) atoms. The molecule has 0 spiro atoms. The Morgan fingerprint density at radius 3 is 2.62 bits per heavy atom.